The van der Waals surface area contributed by atoms with E-state index < -0.39 is 10.0 Å². The van der Waals surface area contributed by atoms with Crippen LogP contribution in [-0.2, 0) is 16.4 Å². The summed E-state index contributed by atoms with van der Waals surface area (Å²) in [6, 6.07) is 17.5. The summed E-state index contributed by atoms with van der Waals surface area (Å²) in [4.78, 5) is 0.228. The van der Waals surface area contributed by atoms with Gasteiger partial charge >= 0.3 is 0 Å². The Morgan fingerprint density at radius 1 is 1.00 bits per heavy atom. The Morgan fingerprint density at radius 2 is 1.76 bits per heavy atom. The van der Waals surface area contributed by atoms with Crippen molar-refractivity contribution in [2.45, 2.75) is 32.1 Å². The lowest BCUT2D eigenvalue weighted by atomic mass is 10.1. The zero-order chi connectivity index (χ0) is 20.9. The van der Waals surface area contributed by atoms with Crippen molar-refractivity contribution in [1.82, 2.24) is 10.2 Å². The zero-order valence-corrected chi connectivity index (χ0v) is 17.6. The summed E-state index contributed by atoms with van der Waals surface area (Å²) >= 11 is 0. The summed E-state index contributed by atoms with van der Waals surface area (Å²) in [5.41, 5.74) is 2.94. The lowest BCUT2D eigenvalue weighted by molar-refractivity contribution is 0.258. The minimum atomic E-state index is -3.67. The molecule has 1 heterocycles. The van der Waals surface area contributed by atoms with Gasteiger partial charge in [0.2, 0.25) is 5.88 Å². The van der Waals surface area contributed by atoms with Crippen molar-refractivity contribution in [3.63, 3.8) is 0 Å². The van der Waals surface area contributed by atoms with Gasteiger partial charge in [0.05, 0.1) is 17.2 Å². The molecule has 0 aliphatic heterocycles. The first-order chi connectivity index (χ1) is 13.9. The maximum Gasteiger partial charge on any atom is 0.261 e. The fraction of sp³-hybridized carbons (Fsp3) is 0.273. The molecule has 0 aliphatic rings. The smallest absolute Gasteiger partial charge is 0.261 e. The highest BCUT2D eigenvalue weighted by atomic mass is 32.2. The van der Waals surface area contributed by atoms with Crippen LogP contribution in [0.5, 0.6) is 5.88 Å². The first kappa shape index (κ1) is 20.8. The fourth-order valence-electron chi connectivity index (χ4n) is 2.66. The molecule has 29 heavy (non-hydrogen) atoms. The van der Waals surface area contributed by atoms with E-state index in [1.54, 1.807) is 42.5 Å². The molecule has 0 radical (unpaired) electrons. The van der Waals surface area contributed by atoms with Gasteiger partial charge in [-0.2, -0.15) is 0 Å². The number of rotatable bonds is 8. The van der Waals surface area contributed by atoms with E-state index in [1.165, 1.54) is 0 Å². The Kier molecular flexibility index (Phi) is 6.49. The van der Waals surface area contributed by atoms with Gasteiger partial charge in [0.25, 0.3) is 10.0 Å². The van der Waals surface area contributed by atoms with Gasteiger partial charge in [0.1, 0.15) is 0 Å². The molecule has 0 aliphatic carbocycles. The van der Waals surface area contributed by atoms with E-state index in [2.05, 4.69) is 28.8 Å². The highest BCUT2D eigenvalue weighted by Gasteiger charge is 2.14. The summed E-state index contributed by atoms with van der Waals surface area (Å²) < 4.78 is 33.5. The third kappa shape index (κ3) is 5.54. The molecule has 1 aromatic heterocycles. The van der Waals surface area contributed by atoms with Crippen LogP contribution in [0, 0.1) is 5.92 Å². The first-order valence-corrected chi connectivity index (χ1v) is 11.0. The summed E-state index contributed by atoms with van der Waals surface area (Å²) in [6.45, 7) is 6.72. The summed E-state index contributed by atoms with van der Waals surface area (Å²) in [7, 11) is -3.67. The maximum absolute atomic E-state index is 12.7. The minimum Gasteiger partial charge on any atom is -0.476 e. The van der Waals surface area contributed by atoms with Gasteiger partial charge in [-0.3, -0.25) is 4.72 Å². The lowest BCUT2D eigenvalue weighted by Gasteiger charge is -2.10. The van der Waals surface area contributed by atoms with Crippen LogP contribution in [0.4, 0.5) is 5.69 Å². The average molecular weight is 412 g/mol. The predicted octanol–water partition coefficient (Wildman–Crippen LogP) is 4.54. The van der Waals surface area contributed by atoms with Crippen molar-refractivity contribution >= 4 is 15.7 Å². The molecule has 0 fully saturated rings. The van der Waals surface area contributed by atoms with Gasteiger partial charge in [-0.05, 0) is 48.2 Å². The molecule has 0 saturated heterocycles. The van der Waals surface area contributed by atoms with Crippen LogP contribution in [0.2, 0.25) is 0 Å². The monoisotopic (exact) mass is 411 g/mol. The van der Waals surface area contributed by atoms with Crippen molar-refractivity contribution in [1.29, 1.82) is 0 Å². The van der Waals surface area contributed by atoms with Crippen molar-refractivity contribution in [3.8, 4) is 17.1 Å². The predicted molar refractivity (Wildman–Crippen MR) is 114 cm³/mol. The molecule has 0 amide bonds. The van der Waals surface area contributed by atoms with Crippen LogP contribution in [0.1, 0.15) is 26.3 Å². The minimum absolute atomic E-state index is 0.228. The van der Waals surface area contributed by atoms with E-state index in [0.717, 1.165) is 17.5 Å². The third-order valence-corrected chi connectivity index (χ3v) is 5.65. The Hall–Kier alpha value is -2.93. The van der Waals surface area contributed by atoms with Gasteiger partial charge in [0.15, 0.2) is 0 Å². The zero-order valence-electron chi connectivity index (χ0n) is 16.8. The molecule has 3 rings (SSSR count). The number of hydrogen-bond acceptors (Lipinski definition) is 5. The molecule has 0 unspecified atom stereocenters. The second-order valence-corrected chi connectivity index (χ2v) is 8.83. The van der Waals surface area contributed by atoms with Gasteiger partial charge in [-0.25, -0.2) is 8.42 Å². The highest BCUT2D eigenvalue weighted by molar-refractivity contribution is 7.92. The van der Waals surface area contributed by atoms with Crippen LogP contribution in [0.25, 0.3) is 11.3 Å². The van der Waals surface area contributed by atoms with Gasteiger partial charge in [0, 0.05) is 17.3 Å². The third-order valence-electron chi connectivity index (χ3n) is 4.26. The first-order valence-electron chi connectivity index (χ1n) is 9.56. The molecule has 0 saturated carbocycles. The highest BCUT2D eigenvalue weighted by Crippen LogP contribution is 2.24. The molecular weight excluding hydrogens is 386 g/mol. The Morgan fingerprint density at radius 3 is 2.38 bits per heavy atom. The second-order valence-electron chi connectivity index (χ2n) is 7.15. The molecule has 0 bridgehead atoms. The maximum atomic E-state index is 12.7. The van der Waals surface area contributed by atoms with E-state index in [9.17, 15) is 8.42 Å². The molecule has 7 heteroatoms. The number of benzene rings is 2. The molecular formula is C22H25N3O3S. The van der Waals surface area contributed by atoms with Gasteiger partial charge in [-0.1, -0.05) is 45.0 Å². The average Bonchev–Trinajstić information content (AvgIpc) is 2.72. The topological polar surface area (TPSA) is 81.2 Å². The van der Waals surface area contributed by atoms with E-state index >= 15 is 0 Å². The number of hydrogen-bond donors (Lipinski definition) is 1. The quantitative estimate of drug-likeness (QED) is 0.588. The molecule has 3 aromatic rings. The van der Waals surface area contributed by atoms with E-state index in [4.69, 9.17) is 4.74 Å². The molecule has 0 spiro atoms. The lowest BCUT2D eigenvalue weighted by Crippen LogP contribution is -2.13. The van der Waals surface area contributed by atoms with Crippen LogP contribution in [0.3, 0.4) is 0 Å². The normalized spacial score (nSPS) is 11.4. The van der Waals surface area contributed by atoms with E-state index in [1.807, 2.05) is 25.1 Å². The molecule has 0 atom stereocenters. The van der Waals surface area contributed by atoms with Crippen molar-refractivity contribution in [2.24, 2.45) is 5.92 Å². The number of nitrogens with zero attached hydrogens (tertiary/aromatic N) is 2. The van der Waals surface area contributed by atoms with Crippen LogP contribution >= 0.6 is 0 Å². The standard InChI is InChI=1S/C22H25N3O3S/c1-4-17-8-10-20(11-9-17)29(26,27)25-19-7-5-6-18(14-19)21-12-13-22(24-23-21)28-15-16(2)3/h5-14,16,25H,4,15H2,1-3H3. The van der Waals surface area contributed by atoms with Crippen LogP contribution < -0.4 is 9.46 Å². The second kappa shape index (κ2) is 9.05. The molecule has 1 N–H and O–H groups in total. The van der Waals surface area contributed by atoms with Crippen molar-refractivity contribution in [3.05, 3.63) is 66.2 Å². The van der Waals surface area contributed by atoms with Gasteiger partial charge < -0.3 is 4.74 Å². The number of nitrogens with one attached hydrogen (secondary N) is 1. The number of sulfonamides is 1. The van der Waals surface area contributed by atoms with Crippen LogP contribution in [-0.4, -0.2) is 25.2 Å². The van der Waals surface area contributed by atoms with E-state index in [0.29, 0.717) is 29.8 Å². The number of aromatic nitrogens is 2. The van der Waals surface area contributed by atoms with Gasteiger partial charge in [-0.15, -0.1) is 10.2 Å². The van der Waals surface area contributed by atoms with Crippen molar-refractivity contribution in [2.75, 3.05) is 11.3 Å². The Bertz CT molecular complexity index is 1050. The summed E-state index contributed by atoms with van der Waals surface area (Å²) in [6.07, 6.45) is 0.859. The van der Waals surface area contributed by atoms with E-state index in [-0.39, 0.29) is 4.90 Å². The largest absolute Gasteiger partial charge is 0.476 e. The SMILES string of the molecule is CCc1ccc(S(=O)(=O)Nc2cccc(-c3ccc(OCC(C)C)nn3)c2)cc1. The summed E-state index contributed by atoms with van der Waals surface area (Å²) in [5.74, 6) is 0.870. The molecule has 2 aromatic carbocycles. The number of ether oxygens (including phenoxy) is 1. The molecule has 152 valence electrons. The Balaban J connectivity index is 1.76. The summed E-state index contributed by atoms with van der Waals surface area (Å²) in [5, 5.41) is 8.27. The fourth-order valence-corrected chi connectivity index (χ4v) is 3.71. The number of aryl methyl sites for hydroxylation is 1. The Labute approximate surface area is 172 Å². The van der Waals surface area contributed by atoms with Crippen LogP contribution in [0.15, 0.2) is 65.6 Å². The number of anilines is 1. The van der Waals surface area contributed by atoms with Crippen molar-refractivity contribution < 1.29 is 13.2 Å². The molecule has 6 nitrogen and oxygen atoms in total.